The number of carbonyl (C=O) groups is 2. The molecule has 0 spiro atoms. The third-order valence-electron chi connectivity index (χ3n) is 4.85. The van der Waals surface area contributed by atoms with Crippen LogP contribution < -0.4 is 15.7 Å². The van der Waals surface area contributed by atoms with Crippen LogP contribution in [0.4, 0.5) is 5.69 Å². The maximum absolute atomic E-state index is 12.4. The van der Waals surface area contributed by atoms with E-state index in [0.29, 0.717) is 22.6 Å². The molecule has 0 atom stereocenters. The van der Waals surface area contributed by atoms with E-state index in [4.69, 9.17) is 18.3 Å². The number of furan rings is 1. The minimum absolute atomic E-state index is 0.119. The Labute approximate surface area is 176 Å². The van der Waals surface area contributed by atoms with Crippen LogP contribution in [-0.2, 0) is 9.53 Å². The quantitative estimate of drug-likeness (QED) is 0.486. The first-order chi connectivity index (χ1) is 14.9. The zero-order chi connectivity index (χ0) is 22.1. The molecule has 1 N–H and O–H groups in total. The van der Waals surface area contributed by atoms with Crippen LogP contribution in [0.1, 0.15) is 21.7 Å². The summed E-state index contributed by atoms with van der Waals surface area (Å²) in [7, 11) is 1.49. The molecule has 0 aliphatic carbocycles. The van der Waals surface area contributed by atoms with Crippen molar-refractivity contribution in [3.63, 3.8) is 0 Å². The molecule has 0 radical (unpaired) electrons. The van der Waals surface area contributed by atoms with E-state index in [0.717, 1.165) is 16.4 Å². The van der Waals surface area contributed by atoms with Gasteiger partial charge in [0.2, 0.25) is 0 Å². The van der Waals surface area contributed by atoms with E-state index in [1.54, 1.807) is 19.1 Å². The van der Waals surface area contributed by atoms with Crippen LogP contribution in [0.25, 0.3) is 21.9 Å². The van der Waals surface area contributed by atoms with Gasteiger partial charge in [-0.05, 0) is 31.5 Å². The predicted octanol–water partition coefficient (Wildman–Crippen LogP) is 3.96. The molecule has 2 heterocycles. The third-order valence-corrected chi connectivity index (χ3v) is 4.85. The van der Waals surface area contributed by atoms with Gasteiger partial charge in [0.25, 0.3) is 5.91 Å². The van der Waals surface area contributed by atoms with E-state index >= 15 is 0 Å². The van der Waals surface area contributed by atoms with Gasteiger partial charge in [-0.3, -0.25) is 4.79 Å². The topological polar surface area (TPSA) is 108 Å². The number of para-hydroxylation sites is 1. The molecular weight excluding hydrogens is 402 g/mol. The molecule has 31 heavy (non-hydrogen) atoms. The van der Waals surface area contributed by atoms with Gasteiger partial charge in [0.1, 0.15) is 28.2 Å². The second-order valence-electron chi connectivity index (χ2n) is 6.95. The average Bonchev–Trinajstić information content (AvgIpc) is 3.08. The van der Waals surface area contributed by atoms with Gasteiger partial charge in [-0.25, -0.2) is 9.59 Å². The maximum Gasteiger partial charge on any atom is 0.342 e. The number of aryl methyl sites for hydroxylation is 2. The Morgan fingerprint density at radius 1 is 1.00 bits per heavy atom. The zero-order valence-corrected chi connectivity index (χ0v) is 17.1. The first kappa shape index (κ1) is 20.2. The molecule has 1 amide bonds. The normalized spacial score (nSPS) is 10.9. The van der Waals surface area contributed by atoms with Crippen molar-refractivity contribution in [1.82, 2.24) is 0 Å². The number of ether oxygens (including phenoxy) is 2. The van der Waals surface area contributed by atoms with Crippen LogP contribution >= 0.6 is 0 Å². The number of anilines is 1. The Balaban J connectivity index is 1.52. The van der Waals surface area contributed by atoms with Gasteiger partial charge in [-0.1, -0.05) is 18.2 Å². The highest BCUT2D eigenvalue weighted by atomic mass is 16.5. The summed E-state index contributed by atoms with van der Waals surface area (Å²) < 4.78 is 21.3. The summed E-state index contributed by atoms with van der Waals surface area (Å²) in [4.78, 5) is 36.1. The number of benzene rings is 2. The minimum atomic E-state index is -0.756. The van der Waals surface area contributed by atoms with Crippen molar-refractivity contribution in [1.29, 1.82) is 0 Å². The van der Waals surface area contributed by atoms with Crippen molar-refractivity contribution in [2.24, 2.45) is 0 Å². The molecule has 2 aromatic heterocycles. The highest BCUT2D eigenvalue weighted by molar-refractivity contribution is 6.08. The molecule has 0 unspecified atom stereocenters. The van der Waals surface area contributed by atoms with E-state index in [-0.39, 0.29) is 11.3 Å². The Hall–Kier alpha value is -4.07. The maximum atomic E-state index is 12.4. The first-order valence-electron chi connectivity index (χ1n) is 9.45. The summed E-state index contributed by atoms with van der Waals surface area (Å²) >= 11 is 0. The molecule has 0 aliphatic heterocycles. The Kier molecular flexibility index (Phi) is 5.21. The number of hydrogen-bond acceptors (Lipinski definition) is 7. The fourth-order valence-electron chi connectivity index (χ4n) is 3.47. The van der Waals surface area contributed by atoms with Gasteiger partial charge in [0, 0.05) is 22.9 Å². The number of amides is 1. The lowest BCUT2D eigenvalue weighted by molar-refractivity contribution is -0.119. The number of nitrogens with one attached hydrogen (secondary N) is 1. The van der Waals surface area contributed by atoms with Crippen LogP contribution in [0, 0.1) is 13.8 Å². The molecule has 0 fully saturated rings. The lowest BCUT2D eigenvalue weighted by atomic mass is 10.1. The number of hydrogen-bond donors (Lipinski definition) is 1. The van der Waals surface area contributed by atoms with Crippen molar-refractivity contribution in [2.45, 2.75) is 13.8 Å². The molecule has 0 saturated carbocycles. The molecule has 4 aromatic rings. The summed E-state index contributed by atoms with van der Waals surface area (Å²) in [6.07, 6.45) is 0. The highest BCUT2D eigenvalue weighted by Crippen LogP contribution is 2.36. The summed E-state index contributed by atoms with van der Waals surface area (Å²) in [5.74, 6) is -0.744. The lowest BCUT2D eigenvalue weighted by Gasteiger charge is -2.11. The van der Waals surface area contributed by atoms with Crippen molar-refractivity contribution in [3.05, 3.63) is 69.8 Å². The summed E-state index contributed by atoms with van der Waals surface area (Å²) in [5, 5.41) is 4.46. The molecular formula is C23H19NO7. The summed E-state index contributed by atoms with van der Waals surface area (Å²) in [6, 6.07) is 12.2. The van der Waals surface area contributed by atoms with Crippen LogP contribution in [0.5, 0.6) is 5.75 Å². The zero-order valence-electron chi connectivity index (χ0n) is 17.1. The third kappa shape index (κ3) is 3.87. The molecule has 8 nitrogen and oxygen atoms in total. The summed E-state index contributed by atoms with van der Waals surface area (Å²) in [6.45, 7) is 2.55. The molecule has 8 heteroatoms. The van der Waals surface area contributed by atoms with E-state index in [2.05, 4.69) is 5.32 Å². The van der Waals surface area contributed by atoms with Crippen LogP contribution in [0.2, 0.25) is 0 Å². The number of rotatable bonds is 5. The van der Waals surface area contributed by atoms with Crippen LogP contribution in [0.3, 0.4) is 0 Å². The molecule has 158 valence electrons. The van der Waals surface area contributed by atoms with Gasteiger partial charge in [-0.15, -0.1) is 0 Å². The van der Waals surface area contributed by atoms with Gasteiger partial charge in [0.05, 0.1) is 12.8 Å². The molecule has 0 aliphatic rings. The summed E-state index contributed by atoms with van der Waals surface area (Å²) in [5.41, 5.74) is 1.66. The van der Waals surface area contributed by atoms with E-state index in [1.807, 2.05) is 24.3 Å². The van der Waals surface area contributed by atoms with Gasteiger partial charge in [-0.2, -0.15) is 0 Å². The SMILES string of the molecule is COc1cc2c(cc1NC(=O)COC(=O)c1c(C)cc(=O)oc1C)oc1ccccc12. The Morgan fingerprint density at radius 2 is 1.77 bits per heavy atom. The van der Waals surface area contributed by atoms with Gasteiger partial charge in [0.15, 0.2) is 6.61 Å². The fourth-order valence-corrected chi connectivity index (χ4v) is 3.47. The van der Waals surface area contributed by atoms with Crippen molar-refractivity contribution < 1.29 is 27.9 Å². The van der Waals surface area contributed by atoms with Gasteiger partial charge < -0.3 is 23.6 Å². The lowest BCUT2D eigenvalue weighted by Crippen LogP contribution is -2.22. The van der Waals surface area contributed by atoms with Crippen LogP contribution in [0.15, 0.2) is 56.1 Å². The van der Waals surface area contributed by atoms with Crippen molar-refractivity contribution in [2.75, 3.05) is 19.0 Å². The van der Waals surface area contributed by atoms with E-state index in [9.17, 15) is 14.4 Å². The number of methoxy groups -OCH3 is 1. The Morgan fingerprint density at radius 3 is 2.52 bits per heavy atom. The van der Waals surface area contributed by atoms with Crippen molar-refractivity contribution in [3.8, 4) is 5.75 Å². The molecule has 2 aromatic carbocycles. The van der Waals surface area contributed by atoms with E-state index in [1.165, 1.54) is 20.1 Å². The fraction of sp³-hybridized carbons (Fsp3) is 0.174. The van der Waals surface area contributed by atoms with Crippen LogP contribution in [-0.4, -0.2) is 25.6 Å². The Bertz CT molecular complexity index is 1350. The highest BCUT2D eigenvalue weighted by Gasteiger charge is 2.19. The largest absolute Gasteiger partial charge is 0.495 e. The second-order valence-corrected chi connectivity index (χ2v) is 6.95. The minimum Gasteiger partial charge on any atom is -0.495 e. The monoisotopic (exact) mass is 421 g/mol. The first-order valence-corrected chi connectivity index (χ1v) is 9.45. The van der Waals surface area contributed by atoms with Gasteiger partial charge >= 0.3 is 11.6 Å². The smallest absolute Gasteiger partial charge is 0.342 e. The predicted molar refractivity (Wildman–Crippen MR) is 114 cm³/mol. The molecule has 0 bridgehead atoms. The van der Waals surface area contributed by atoms with E-state index < -0.39 is 24.1 Å². The second kappa shape index (κ2) is 7.98. The number of carbonyl (C=O) groups excluding carboxylic acids is 2. The molecule has 0 saturated heterocycles. The number of esters is 1. The molecule has 4 rings (SSSR count). The average molecular weight is 421 g/mol. The standard InChI is InChI=1S/C23H19NO7/c1-12-8-21(26)30-13(2)22(12)23(27)29-11-20(25)24-16-10-18-15(9-19(16)28-3)14-6-4-5-7-17(14)31-18/h4-10H,11H2,1-3H3,(H,24,25). The number of fused-ring (bicyclic) bond motifs is 3. The van der Waals surface area contributed by atoms with Crippen molar-refractivity contribution >= 4 is 39.5 Å².